The second-order valence-electron chi connectivity index (χ2n) is 4.73. The van der Waals surface area contributed by atoms with Crippen LogP contribution in [-0.2, 0) is 17.7 Å². The predicted molar refractivity (Wildman–Crippen MR) is 82.5 cm³/mol. The minimum absolute atomic E-state index is 0.227. The monoisotopic (exact) mass is 338 g/mol. The summed E-state index contributed by atoms with van der Waals surface area (Å²) in [5.41, 5.74) is 0.332. The molecule has 0 aromatic carbocycles. The van der Waals surface area contributed by atoms with Crippen LogP contribution >= 0.6 is 11.3 Å². The van der Waals surface area contributed by atoms with Crippen molar-refractivity contribution in [3.05, 3.63) is 21.9 Å². The lowest BCUT2D eigenvalue weighted by molar-refractivity contribution is 0.0935. The van der Waals surface area contributed by atoms with E-state index in [4.69, 9.17) is 4.74 Å². The van der Waals surface area contributed by atoms with Crippen molar-refractivity contribution in [2.24, 2.45) is 0 Å². The molecule has 9 nitrogen and oxygen atoms in total. The van der Waals surface area contributed by atoms with Crippen molar-refractivity contribution in [1.82, 2.24) is 30.5 Å². The lowest BCUT2D eigenvalue weighted by atomic mass is 10.2. The van der Waals surface area contributed by atoms with Gasteiger partial charge in [0.1, 0.15) is 10.7 Å². The minimum atomic E-state index is -0.227. The number of unbranched alkanes of at least 4 members (excludes halogenated alkanes) is 1. The summed E-state index contributed by atoms with van der Waals surface area (Å²) in [4.78, 5) is 22.3. The van der Waals surface area contributed by atoms with Crippen LogP contribution in [0.25, 0.3) is 0 Å². The smallest absolute Gasteiger partial charge is 0.282 e. The summed E-state index contributed by atoms with van der Waals surface area (Å²) < 4.78 is 6.50. The van der Waals surface area contributed by atoms with Gasteiger partial charge in [-0.2, -0.15) is 0 Å². The normalized spacial score (nSPS) is 10.7. The number of amides is 1. The largest absolute Gasteiger partial charge is 0.383 e. The van der Waals surface area contributed by atoms with Crippen molar-refractivity contribution in [1.29, 1.82) is 0 Å². The van der Waals surface area contributed by atoms with E-state index in [1.165, 1.54) is 11.3 Å². The molecule has 0 radical (unpaired) electrons. The molecule has 23 heavy (non-hydrogen) atoms. The number of carbonyl (C=O) groups excluding carboxylic acids is 2. The molecular weight excluding hydrogens is 320 g/mol. The van der Waals surface area contributed by atoms with Gasteiger partial charge in [0, 0.05) is 26.6 Å². The maximum Gasteiger partial charge on any atom is 0.282 e. The van der Waals surface area contributed by atoms with E-state index >= 15 is 0 Å². The number of rotatable bonds is 10. The zero-order valence-corrected chi connectivity index (χ0v) is 13.6. The molecule has 0 saturated heterocycles. The lowest BCUT2D eigenvalue weighted by Gasteiger charge is -2.00. The molecule has 2 aromatic heterocycles. The maximum absolute atomic E-state index is 11.8. The maximum atomic E-state index is 11.8. The van der Waals surface area contributed by atoms with Crippen LogP contribution in [0.1, 0.15) is 38.1 Å². The fourth-order valence-corrected chi connectivity index (χ4v) is 2.61. The first-order valence-electron chi connectivity index (χ1n) is 7.17. The predicted octanol–water partition coefficient (Wildman–Crippen LogP) is 0.341. The molecule has 0 unspecified atom stereocenters. The molecule has 2 rings (SSSR count). The highest BCUT2D eigenvalue weighted by atomic mass is 32.1. The Bertz CT molecular complexity index is 641. The quantitative estimate of drug-likeness (QED) is 0.491. The highest BCUT2D eigenvalue weighted by Gasteiger charge is 2.12. The van der Waals surface area contributed by atoms with E-state index in [1.54, 1.807) is 18.0 Å². The number of nitrogens with one attached hydrogen (secondary N) is 1. The Labute approximate surface area is 137 Å². The van der Waals surface area contributed by atoms with Crippen LogP contribution in [0.5, 0.6) is 0 Å². The molecule has 0 aliphatic carbocycles. The molecule has 0 aliphatic heterocycles. The van der Waals surface area contributed by atoms with Gasteiger partial charge in [0.15, 0.2) is 6.29 Å². The van der Waals surface area contributed by atoms with Gasteiger partial charge in [0.25, 0.3) is 5.91 Å². The third-order valence-corrected chi connectivity index (χ3v) is 3.94. The average Bonchev–Trinajstić information content (AvgIpc) is 3.21. The molecule has 2 aromatic rings. The van der Waals surface area contributed by atoms with Gasteiger partial charge < -0.3 is 10.1 Å². The first-order chi connectivity index (χ1) is 11.2. The lowest BCUT2D eigenvalue weighted by Crippen LogP contribution is -2.26. The summed E-state index contributed by atoms with van der Waals surface area (Å²) in [6.07, 6.45) is 4.79. The Morgan fingerprint density at radius 3 is 3.00 bits per heavy atom. The van der Waals surface area contributed by atoms with E-state index < -0.39 is 0 Å². The zero-order chi connectivity index (χ0) is 16.5. The highest BCUT2D eigenvalue weighted by Crippen LogP contribution is 2.12. The van der Waals surface area contributed by atoms with Crippen LogP contribution in [0, 0.1) is 0 Å². The van der Waals surface area contributed by atoms with E-state index in [9.17, 15) is 9.59 Å². The number of nitrogens with zero attached hydrogens (tertiary/aromatic N) is 5. The molecule has 0 atom stereocenters. The van der Waals surface area contributed by atoms with Gasteiger partial charge in [0.05, 0.1) is 12.8 Å². The number of hydrogen-bond acceptors (Lipinski definition) is 8. The van der Waals surface area contributed by atoms with Gasteiger partial charge >= 0.3 is 0 Å². The molecule has 0 bridgehead atoms. The van der Waals surface area contributed by atoms with Crippen molar-refractivity contribution >= 4 is 23.5 Å². The molecular formula is C13H18N6O3S. The van der Waals surface area contributed by atoms with E-state index in [0.29, 0.717) is 36.7 Å². The van der Waals surface area contributed by atoms with Gasteiger partial charge in [-0.1, -0.05) is 16.6 Å². The molecule has 1 amide bonds. The summed E-state index contributed by atoms with van der Waals surface area (Å²) in [6.45, 7) is 1.60. The molecule has 2 heterocycles. The van der Waals surface area contributed by atoms with Crippen LogP contribution in [0.4, 0.5) is 0 Å². The van der Waals surface area contributed by atoms with E-state index in [-0.39, 0.29) is 5.91 Å². The molecule has 0 aliphatic rings. The van der Waals surface area contributed by atoms with Crippen molar-refractivity contribution in [3.8, 4) is 0 Å². The van der Waals surface area contributed by atoms with E-state index in [2.05, 4.69) is 25.8 Å². The first-order valence-corrected chi connectivity index (χ1v) is 7.99. The topological polar surface area (TPSA) is 112 Å². The molecule has 1 N–H and O–H groups in total. The van der Waals surface area contributed by atoms with Crippen LogP contribution < -0.4 is 5.32 Å². The van der Waals surface area contributed by atoms with Crippen molar-refractivity contribution < 1.29 is 14.3 Å². The van der Waals surface area contributed by atoms with Gasteiger partial charge in [-0.3, -0.25) is 14.3 Å². The first kappa shape index (κ1) is 17.2. The molecule has 124 valence electrons. The Morgan fingerprint density at radius 1 is 1.39 bits per heavy atom. The standard InChI is InChI=1S/C13H18N6O3S/c1-22-7-5-14-12(21)13-17-16-11(23-13)4-2-3-6-19-8-10(9-20)15-18-19/h8-9H,2-7H2,1H3,(H,14,21). The molecule has 0 fully saturated rings. The van der Waals surface area contributed by atoms with Gasteiger partial charge in [-0.05, 0) is 12.8 Å². The molecule has 0 saturated carbocycles. The van der Waals surface area contributed by atoms with Gasteiger partial charge in [0.2, 0.25) is 5.01 Å². The number of aromatic nitrogens is 5. The van der Waals surface area contributed by atoms with Gasteiger partial charge in [-0.25, -0.2) is 0 Å². The van der Waals surface area contributed by atoms with E-state index in [0.717, 1.165) is 24.3 Å². The SMILES string of the molecule is COCCNC(=O)c1nnc(CCCCn2cc(C=O)nn2)s1. The summed E-state index contributed by atoms with van der Waals surface area (Å²) >= 11 is 1.30. The number of methoxy groups -OCH3 is 1. The minimum Gasteiger partial charge on any atom is -0.383 e. The van der Waals surface area contributed by atoms with E-state index in [1.807, 2.05) is 0 Å². The van der Waals surface area contributed by atoms with Crippen LogP contribution in [0.2, 0.25) is 0 Å². The fourth-order valence-electron chi connectivity index (χ4n) is 1.82. The number of aryl methyl sites for hydroxylation is 2. The number of carbonyl (C=O) groups is 2. The Morgan fingerprint density at radius 2 is 2.26 bits per heavy atom. The van der Waals surface area contributed by atoms with Crippen molar-refractivity contribution in [2.75, 3.05) is 20.3 Å². The van der Waals surface area contributed by atoms with Crippen molar-refractivity contribution in [3.63, 3.8) is 0 Å². The van der Waals surface area contributed by atoms with Crippen LogP contribution in [0.3, 0.4) is 0 Å². The Balaban J connectivity index is 1.69. The number of ether oxygens (including phenoxy) is 1. The van der Waals surface area contributed by atoms with Gasteiger partial charge in [-0.15, -0.1) is 15.3 Å². The Hall–Kier alpha value is -2.20. The number of hydrogen-bond donors (Lipinski definition) is 1. The summed E-state index contributed by atoms with van der Waals surface area (Å²) in [6, 6.07) is 0. The van der Waals surface area contributed by atoms with Crippen molar-refractivity contribution in [2.45, 2.75) is 25.8 Å². The number of aldehydes is 1. The summed E-state index contributed by atoms with van der Waals surface area (Å²) in [7, 11) is 1.58. The third kappa shape index (κ3) is 5.49. The second kappa shape index (κ2) is 9.06. The molecule has 10 heteroatoms. The third-order valence-electron chi connectivity index (χ3n) is 2.96. The highest BCUT2D eigenvalue weighted by molar-refractivity contribution is 7.13. The zero-order valence-electron chi connectivity index (χ0n) is 12.8. The summed E-state index contributed by atoms with van der Waals surface area (Å²) in [5.74, 6) is -0.227. The molecule has 0 spiro atoms. The summed E-state index contributed by atoms with van der Waals surface area (Å²) in [5, 5.41) is 19.4. The Kier molecular flexibility index (Phi) is 6.76. The van der Waals surface area contributed by atoms with Crippen LogP contribution in [-0.4, -0.2) is 57.6 Å². The average molecular weight is 338 g/mol. The fraction of sp³-hybridized carbons (Fsp3) is 0.538. The second-order valence-corrected chi connectivity index (χ2v) is 5.79. The van der Waals surface area contributed by atoms with Crippen LogP contribution in [0.15, 0.2) is 6.20 Å².